The zero-order valence-electron chi connectivity index (χ0n) is 21.6. The summed E-state index contributed by atoms with van der Waals surface area (Å²) < 4.78 is 0. The molecule has 5 atom stereocenters. The predicted octanol–water partition coefficient (Wildman–Crippen LogP) is 0.313. The maximum absolute atomic E-state index is 14.0. The van der Waals surface area contributed by atoms with Gasteiger partial charge in [0.1, 0.15) is 22.8 Å². The highest BCUT2D eigenvalue weighted by Gasteiger charge is 2.66. The van der Waals surface area contributed by atoms with Gasteiger partial charge in [0.25, 0.3) is 5.91 Å². The van der Waals surface area contributed by atoms with Gasteiger partial charge in [-0.15, -0.1) is 0 Å². The Hall–Kier alpha value is -3.25. The highest BCUT2D eigenvalue weighted by Crippen LogP contribution is 2.57. The van der Waals surface area contributed by atoms with Gasteiger partial charge in [-0.2, -0.15) is 0 Å². The molecule has 11 heteroatoms. The summed E-state index contributed by atoms with van der Waals surface area (Å²) in [5.41, 5.74) is -5.54. The minimum absolute atomic E-state index is 0.137. The Bertz CT molecular complexity index is 1290. The minimum atomic E-state index is -2.72. The molecule has 204 valence electrons. The smallest absolute Gasteiger partial charge is 0.259 e. The summed E-state index contributed by atoms with van der Waals surface area (Å²) in [7, 11) is 3.12. The maximum atomic E-state index is 14.0. The molecule has 5 rings (SSSR count). The predicted molar refractivity (Wildman–Crippen MR) is 135 cm³/mol. The molecule has 1 saturated heterocycles. The van der Waals surface area contributed by atoms with Gasteiger partial charge >= 0.3 is 0 Å². The molecule has 38 heavy (non-hydrogen) atoms. The van der Waals surface area contributed by atoms with Crippen LogP contribution in [0.4, 0.5) is 0 Å². The number of ketones is 2. The second-order valence-electron chi connectivity index (χ2n) is 11.1. The second kappa shape index (κ2) is 8.91. The van der Waals surface area contributed by atoms with E-state index in [-0.39, 0.29) is 35.5 Å². The van der Waals surface area contributed by atoms with Gasteiger partial charge in [0, 0.05) is 17.4 Å². The van der Waals surface area contributed by atoms with Crippen molar-refractivity contribution in [1.29, 1.82) is 0 Å². The molecule has 1 aromatic rings. The first kappa shape index (κ1) is 26.4. The number of rotatable bonds is 4. The van der Waals surface area contributed by atoms with Crippen LogP contribution in [0.2, 0.25) is 0 Å². The zero-order chi connectivity index (χ0) is 27.7. The molecule has 0 spiro atoms. The number of phenolic OH excluding ortho intramolecular Hbond substituents is 1. The molecule has 6 N–H and O–H groups in total. The molecule has 1 amide bonds. The van der Waals surface area contributed by atoms with Gasteiger partial charge in [-0.05, 0) is 65.0 Å². The number of phenols is 1. The van der Waals surface area contributed by atoms with Crippen molar-refractivity contribution in [3.05, 3.63) is 46.2 Å². The van der Waals surface area contributed by atoms with Gasteiger partial charge in [-0.1, -0.05) is 12.1 Å². The molecule has 3 aliphatic carbocycles. The fourth-order valence-electron chi connectivity index (χ4n) is 6.70. The molecule has 4 aliphatic rings. The summed E-state index contributed by atoms with van der Waals surface area (Å²) >= 11 is 0. The molecule has 11 nitrogen and oxygen atoms in total. The number of carbonyl (C=O) groups is 3. The van der Waals surface area contributed by atoms with Crippen molar-refractivity contribution in [2.45, 2.75) is 43.4 Å². The van der Waals surface area contributed by atoms with Crippen molar-refractivity contribution in [3.63, 3.8) is 0 Å². The SMILES string of the molecule is CN(C)[C@@H]1C(=O)C(C(=O)NCN2CCCC2)=C(O)[C@]2(O)C(=O)C3=C(O)c4c(O)cccc4[C@@](C)(O)[C@H]3C[C@@H]12. The Morgan fingerprint density at radius 3 is 2.42 bits per heavy atom. The van der Waals surface area contributed by atoms with Crippen LogP contribution >= 0.6 is 0 Å². The third-order valence-electron chi connectivity index (χ3n) is 8.66. The van der Waals surface area contributed by atoms with Crippen molar-refractivity contribution < 1.29 is 39.9 Å². The molecule has 2 fully saturated rings. The van der Waals surface area contributed by atoms with Gasteiger partial charge in [-0.3, -0.25) is 24.2 Å². The van der Waals surface area contributed by atoms with Gasteiger partial charge in [0.05, 0.1) is 23.9 Å². The standard InChI is InChI=1S/C27H33N3O8/c1-26(37)13-7-6-8-16(31)17(13)21(32)18-14(26)11-15-20(29(2)3)22(33)19(24(35)27(15,38)23(18)34)25(36)28-12-30-9-4-5-10-30/h6-8,14-15,20,31-32,35,37-38H,4-5,9-12H2,1-3H3,(H,28,36)/t14-,15-,20-,26+,27+/m0/s1. The Balaban J connectivity index is 1.65. The number of hydrogen-bond acceptors (Lipinski definition) is 10. The number of benzene rings is 1. The van der Waals surface area contributed by atoms with Crippen LogP contribution in [0.1, 0.15) is 37.3 Å². The van der Waals surface area contributed by atoms with Gasteiger partial charge in [0.15, 0.2) is 11.4 Å². The first-order chi connectivity index (χ1) is 17.8. The van der Waals surface area contributed by atoms with E-state index in [1.165, 1.54) is 30.0 Å². The van der Waals surface area contributed by atoms with Crippen LogP contribution in [0.5, 0.6) is 5.75 Å². The number of carbonyl (C=O) groups excluding carboxylic acids is 3. The van der Waals surface area contributed by atoms with Crippen molar-refractivity contribution >= 4 is 23.2 Å². The lowest BCUT2D eigenvalue weighted by molar-refractivity contribution is -0.159. The van der Waals surface area contributed by atoms with Crippen molar-refractivity contribution in [3.8, 4) is 5.75 Å². The van der Waals surface area contributed by atoms with E-state index in [1.807, 2.05) is 4.90 Å². The Kier molecular flexibility index (Phi) is 6.18. The molecule has 0 unspecified atom stereocenters. The lowest BCUT2D eigenvalue weighted by atomic mass is 9.54. The molecular weight excluding hydrogens is 494 g/mol. The van der Waals surface area contributed by atoms with Crippen LogP contribution in [0.3, 0.4) is 0 Å². The van der Waals surface area contributed by atoms with Crippen molar-refractivity contribution in [2.75, 3.05) is 33.9 Å². The van der Waals surface area contributed by atoms with Crippen LogP contribution in [0, 0.1) is 11.8 Å². The number of likely N-dealkylation sites (N-methyl/N-ethyl adjacent to an activating group) is 1. The normalized spacial score (nSPS) is 33.4. The second-order valence-corrected chi connectivity index (χ2v) is 11.1. The number of fused-ring (bicyclic) bond motifs is 3. The van der Waals surface area contributed by atoms with Crippen LogP contribution in [0.25, 0.3) is 5.76 Å². The van der Waals surface area contributed by atoms with Crippen LogP contribution in [-0.2, 0) is 20.0 Å². The number of aliphatic hydroxyl groups is 4. The summed E-state index contributed by atoms with van der Waals surface area (Å²) in [6.45, 7) is 3.11. The molecule has 1 saturated carbocycles. The zero-order valence-corrected chi connectivity index (χ0v) is 21.6. The summed E-state index contributed by atoms with van der Waals surface area (Å²) in [6, 6.07) is 3.12. The highest BCUT2D eigenvalue weighted by molar-refractivity contribution is 6.25. The summed E-state index contributed by atoms with van der Waals surface area (Å²) in [6.07, 6.45) is 1.78. The summed E-state index contributed by atoms with van der Waals surface area (Å²) in [4.78, 5) is 44.3. The Morgan fingerprint density at radius 1 is 1.13 bits per heavy atom. The lowest BCUT2D eigenvalue weighted by Crippen LogP contribution is -2.67. The van der Waals surface area contributed by atoms with Crippen molar-refractivity contribution in [1.82, 2.24) is 15.1 Å². The quantitative estimate of drug-likeness (QED) is 0.300. The molecule has 0 radical (unpaired) electrons. The molecule has 0 bridgehead atoms. The number of aliphatic hydroxyl groups excluding tert-OH is 2. The molecule has 0 aromatic heterocycles. The van der Waals surface area contributed by atoms with Gasteiger partial charge in [-0.25, -0.2) is 0 Å². The Labute approximate surface area is 219 Å². The van der Waals surface area contributed by atoms with E-state index >= 15 is 0 Å². The van der Waals surface area contributed by atoms with Crippen LogP contribution in [-0.4, -0.2) is 98.3 Å². The Morgan fingerprint density at radius 2 is 1.79 bits per heavy atom. The number of Topliss-reactive ketones (excluding diaryl/α,β-unsaturated/α-hetero) is 2. The first-order valence-electron chi connectivity index (χ1n) is 12.7. The van der Waals surface area contributed by atoms with Gasteiger partial charge < -0.3 is 30.8 Å². The number of hydrogen-bond donors (Lipinski definition) is 6. The van der Waals surface area contributed by atoms with E-state index in [0.717, 1.165) is 25.9 Å². The average Bonchev–Trinajstić information content (AvgIpc) is 3.37. The summed E-state index contributed by atoms with van der Waals surface area (Å²) in [5.74, 6) is -7.17. The molecule has 1 heterocycles. The average molecular weight is 528 g/mol. The molecular formula is C27H33N3O8. The first-order valence-corrected chi connectivity index (χ1v) is 12.7. The van der Waals surface area contributed by atoms with Crippen molar-refractivity contribution in [2.24, 2.45) is 11.8 Å². The van der Waals surface area contributed by atoms with Gasteiger partial charge in [0.2, 0.25) is 5.78 Å². The van der Waals surface area contributed by atoms with E-state index in [9.17, 15) is 39.9 Å². The fraction of sp³-hybridized carbons (Fsp3) is 0.519. The number of nitrogens with one attached hydrogen (secondary N) is 1. The highest BCUT2D eigenvalue weighted by atomic mass is 16.3. The molecule has 1 aromatic carbocycles. The lowest BCUT2D eigenvalue weighted by Gasteiger charge is -2.53. The fourth-order valence-corrected chi connectivity index (χ4v) is 6.70. The third kappa shape index (κ3) is 3.53. The number of likely N-dealkylation sites (tertiary alicyclic amines) is 1. The van der Waals surface area contributed by atoms with Crippen LogP contribution < -0.4 is 5.32 Å². The maximum Gasteiger partial charge on any atom is 0.259 e. The number of aromatic hydroxyl groups is 1. The largest absolute Gasteiger partial charge is 0.508 e. The third-order valence-corrected chi connectivity index (χ3v) is 8.66. The van der Waals surface area contributed by atoms with E-state index in [0.29, 0.717) is 0 Å². The van der Waals surface area contributed by atoms with E-state index in [4.69, 9.17) is 0 Å². The topological polar surface area (TPSA) is 171 Å². The van der Waals surface area contributed by atoms with E-state index in [1.54, 1.807) is 14.1 Å². The number of amides is 1. The monoisotopic (exact) mass is 527 g/mol. The molecule has 1 aliphatic heterocycles. The summed E-state index contributed by atoms with van der Waals surface area (Å²) in [5, 5.41) is 59.0. The number of nitrogens with zero attached hydrogens (tertiary/aromatic N) is 2. The van der Waals surface area contributed by atoms with Crippen LogP contribution in [0.15, 0.2) is 35.1 Å². The van der Waals surface area contributed by atoms with E-state index < -0.39 is 63.6 Å². The minimum Gasteiger partial charge on any atom is -0.508 e. The van der Waals surface area contributed by atoms with E-state index in [2.05, 4.69) is 5.32 Å².